The van der Waals surface area contributed by atoms with Gasteiger partial charge in [-0.3, -0.25) is 9.05 Å². The lowest BCUT2D eigenvalue weighted by Crippen LogP contribution is -2.63. The van der Waals surface area contributed by atoms with Crippen LogP contribution in [0.3, 0.4) is 0 Å². The Labute approximate surface area is 131 Å². The number of fused-ring (bicyclic) bond motifs is 1. The third-order valence-electron chi connectivity index (χ3n) is 3.94. The molecule has 0 amide bonds. The van der Waals surface area contributed by atoms with Crippen LogP contribution in [0.5, 0.6) is 0 Å². The highest BCUT2D eigenvalue weighted by Crippen LogP contribution is 2.57. The van der Waals surface area contributed by atoms with Crippen molar-refractivity contribution in [2.75, 3.05) is 41.5 Å². The van der Waals surface area contributed by atoms with Crippen molar-refractivity contribution in [1.82, 2.24) is 4.67 Å². The summed E-state index contributed by atoms with van der Waals surface area (Å²) in [6.45, 7) is 2.72. The molecular formula is C13H26NO7P. The van der Waals surface area contributed by atoms with Gasteiger partial charge in [-0.25, -0.2) is 9.24 Å². The first-order chi connectivity index (χ1) is 10.5. The summed E-state index contributed by atoms with van der Waals surface area (Å²) in [5, 5.41) is 0. The Balaban J connectivity index is 2.21. The van der Waals surface area contributed by atoms with Gasteiger partial charge in [0, 0.05) is 27.9 Å². The maximum Gasteiger partial charge on any atom is 0.408 e. The zero-order valence-electron chi connectivity index (χ0n) is 13.8. The Hall–Kier alpha value is -0.0500. The second-order valence-electron chi connectivity index (χ2n) is 5.39. The average Bonchev–Trinajstić information content (AvgIpc) is 2.52. The van der Waals surface area contributed by atoms with Crippen LogP contribution in [0.4, 0.5) is 0 Å². The van der Waals surface area contributed by atoms with Crippen LogP contribution in [0, 0.1) is 0 Å². The number of hydrogen-bond donors (Lipinski definition) is 0. The quantitative estimate of drug-likeness (QED) is 0.670. The lowest BCUT2D eigenvalue weighted by atomic mass is 9.98. The monoisotopic (exact) mass is 339 g/mol. The lowest BCUT2D eigenvalue weighted by Gasteiger charge is -2.49. The van der Waals surface area contributed by atoms with Gasteiger partial charge in [-0.1, -0.05) is 6.92 Å². The van der Waals surface area contributed by atoms with Crippen molar-refractivity contribution in [2.45, 2.75) is 44.1 Å². The molecule has 8 nitrogen and oxygen atoms in total. The Morgan fingerprint density at radius 2 is 1.86 bits per heavy atom. The summed E-state index contributed by atoms with van der Waals surface area (Å²) in [7, 11) is 3.01. The van der Waals surface area contributed by atoms with Gasteiger partial charge in [-0.15, -0.1) is 0 Å². The van der Waals surface area contributed by atoms with Gasteiger partial charge < -0.3 is 18.9 Å². The number of nitrogens with zero attached hydrogens (tertiary/aromatic N) is 1. The van der Waals surface area contributed by atoms with E-state index in [2.05, 4.69) is 0 Å². The molecule has 2 saturated heterocycles. The summed E-state index contributed by atoms with van der Waals surface area (Å²) in [6.07, 6.45) is -1.62. The Morgan fingerprint density at radius 1 is 1.18 bits per heavy atom. The van der Waals surface area contributed by atoms with Crippen molar-refractivity contribution < 1.29 is 32.6 Å². The molecular weight excluding hydrogens is 313 g/mol. The number of likely N-dealkylation sites (N-methyl/N-ethyl adjacent to an activating group) is 1. The first-order valence-corrected chi connectivity index (χ1v) is 8.88. The molecule has 130 valence electrons. The summed E-state index contributed by atoms with van der Waals surface area (Å²) >= 11 is 0. The predicted molar refractivity (Wildman–Crippen MR) is 78.6 cm³/mol. The van der Waals surface area contributed by atoms with E-state index < -0.39 is 32.3 Å². The van der Waals surface area contributed by atoms with Crippen LogP contribution in [-0.2, 0) is 32.6 Å². The normalized spacial score (nSPS) is 43.0. The molecule has 0 radical (unpaired) electrons. The molecule has 0 bridgehead atoms. The van der Waals surface area contributed by atoms with Crippen molar-refractivity contribution in [3.8, 4) is 0 Å². The third kappa shape index (κ3) is 3.39. The first-order valence-electron chi connectivity index (χ1n) is 7.39. The van der Waals surface area contributed by atoms with E-state index in [1.165, 1.54) is 0 Å². The molecule has 0 aromatic rings. The van der Waals surface area contributed by atoms with Gasteiger partial charge in [0.1, 0.15) is 24.4 Å². The third-order valence-corrected chi connectivity index (χ3v) is 5.96. The van der Waals surface area contributed by atoms with Crippen LogP contribution in [-0.4, -0.2) is 76.9 Å². The van der Waals surface area contributed by atoms with Gasteiger partial charge in [0.25, 0.3) is 0 Å². The molecule has 0 spiro atoms. The molecule has 0 saturated carbocycles. The minimum absolute atomic E-state index is 0.335. The van der Waals surface area contributed by atoms with E-state index in [1.54, 1.807) is 33.0 Å². The van der Waals surface area contributed by atoms with E-state index in [4.69, 9.17) is 28.0 Å². The zero-order chi connectivity index (χ0) is 16.3. The SMILES string of the molecule is CCCO[P@@]1(=O)O[C@H]2[C@H](OC)[C@@H](OC)[C@@H](OC)O[C@@H]2CN1C. The fourth-order valence-corrected chi connectivity index (χ4v) is 4.55. The number of rotatable bonds is 6. The Bertz CT molecular complexity index is 410. The lowest BCUT2D eigenvalue weighted by molar-refractivity contribution is -0.301. The van der Waals surface area contributed by atoms with Crippen molar-refractivity contribution in [3.05, 3.63) is 0 Å². The summed E-state index contributed by atoms with van der Waals surface area (Å²) in [5.41, 5.74) is 0. The molecule has 0 aromatic carbocycles. The smallest absolute Gasteiger partial charge is 0.376 e. The fourth-order valence-electron chi connectivity index (χ4n) is 2.79. The highest BCUT2D eigenvalue weighted by molar-refractivity contribution is 7.51. The summed E-state index contributed by atoms with van der Waals surface area (Å²) in [4.78, 5) is 0. The first kappa shape index (κ1) is 18.3. The van der Waals surface area contributed by atoms with E-state index in [0.29, 0.717) is 13.2 Å². The van der Waals surface area contributed by atoms with Crippen LogP contribution in [0.1, 0.15) is 13.3 Å². The van der Waals surface area contributed by atoms with Crippen LogP contribution in [0.15, 0.2) is 0 Å². The molecule has 9 heteroatoms. The topological polar surface area (TPSA) is 75.7 Å². The highest BCUT2D eigenvalue weighted by atomic mass is 31.2. The second-order valence-corrected chi connectivity index (χ2v) is 7.48. The van der Waals surface area contributed by atoms with E-state index in [1.807, 2.05) is 6.92 Å². The average molecular weight is 339 g/mol. The molecule has 2 rings (SSSR count). The molecule has 22 heavy (non-hydrogen) atoms. The Kier molecular flexibility index (Phi) is 6.39. The second kappa shape index (κ2) is 7.68. The molecule has 2 fully saturated rings. The van der Waals surface area contributed by atoms with Crippen LogP contribution in [0.2, 0.25) is 0 Å². The molecule has 0 aromatic heterocycles. The molecule has 0 N–H and O–H groups in total. The maximum atomic E-state index is 12.9. The number of ether oxygens (including phenoxy) is 4. The van der Waals surface area contributed by atoms with Crippen LogP contribution >= 0.6 is 7.75 Å². The Morgan fingerprint density at radius 3 is 2.41 bits per heavy atom. The van der Waals surface area contributed by atoms with Gasteiger partial charge in [0.15, 0.2) is 6.29 Å². The van der Waals surface area contributed by atoms with Gasteiger partial charge in [-0.2, -0.15) is 0 Å². The van der Waals surface area contributed by atoms with Gasteiger partial charge in [0.2, 0.25) is 0 Å². The van der Waals surface area contributed by atoms with Crippen LogP contribution in [0.25, 0.3) is 0 Å². The standard InChI is InChI=1S/C13H26NO7P/c1-6-7-19-22(15)14(2)8-9-10(21-22)11(16-3)12(17-4)13(18-5)20-9/h9-13H,6-8H2,1-5H3/t9-,10-,11+,12-,13+,22-/m1/s1. The van der Waals surface area contributed by atoms with Crippen molar-refractivity contribution in [1.29, 1.82) is 0 Å². The predicted octanol–water partition coefficient (Wildman–Crippen LogP) is 1.25. The van der Waals surface area contributed by atoms with Crippen LogP contribution < -0.4 is 0 Å². The number of hydrogen-bond acceptors (Lipinski definition) is 7. The van der Waals surface area contributed by atoms with Gasteiger partial charge in [-0.05, 0) is 13.5 Å². The summed E-state index contributed by atoms with van der Waals surface area (Å²) in [6, 6.07) is 0. The van der Waals surface area contributed by atoms with Gasteiger partial charge >= 0.3 is 7.75 Å². The largest absolute Gasteiger partial charge is 0.408 e. The minimum Gasteiger partial charge on any atom is -0.376 e. The van der Waals surface area contributed by atoms with Crippen molar-refractivity contribution >= 4 is 7.75 Å². The van der Waals surface area contributed by atoms with Crippen molar-refractivity contribution in [2.24, 2.45) is 0 Å². The highest BCUT2D eigenvalue weighted by Gasteiger charge is 2.55. The van der Waals surface area contributed by atoms with E-state index in [9.17, 15) is 4.57 Å². The van der Waals surface area contributed by atoms with Gasteiger partial charge in [0.05, 0.1) is 6.61 Å². The van der Waals surface area contributed by atoms with Crippen molar-refractivity contribution in [3.63, 3.8) is 0 Å². The fraction of sp³-hybridized carbons (Fsp3) is 1.00. The van der Waals surface area contributed by atoms with E-state index >= 15 is 0 Å². The maximum absolute atomic E-state index is 12.9. The van der Waals surface area contributed by atoms with E-state index in [-0.39, 0.29) is 6.10 Å². The molecule has 0 aliphatic carbocycles. The molecule has 0 unspecified atom stereocenters. The molecule has 6 atom stereocenters. The minimum atomic E-state index is -3.35. The molecule has 2 aliphatic rings. The zero-order valence-corrected chi connectivity index (χ0v) is 14.7. The number of methoxy groups -OCH3 is 3. The summed E-state index contributed by atoms with van der Waals surface area (Å²) in [5.74, 6) is 0. The van der Waals surface area contributed by atoms with E-state index in [0.717, 1.165) is 6.42 Å². The molecule has 2 heterocycles. The molecule has 2 aliphatic heterocycles. The summed E-state index contributed by atoms with van der Waals surface area (Å²) < 4.78 is 47.9.